The fourth-order valence-electron chi connectivity index (χ4n) is 2.64. The first-order chi connectivity index (χ1) is 14.1. The number of aromatic nitrogens is 3. The summed E-state index contributed by atoms with van der Waals surface area (Å²) >= 11 is 0. The zero-order chi connectivity index (χ0) is 20.2. The van der Waals surface area contributed by atoms with Gasteiger partial charge in [-0.25, -0.2) is 4.79 Å². The van der Waals surface area contributed by atoms with Gasteiger partial charge in [0.25, 0.3) is 0 Å². The molecule has 0 bridgehead atoms. The van der Waals surface area contributed by atoms with Crippen molar-refractivity contribution < 1.29 is 9.63 Å². The highest BCUT2D eigenvalue weighted by Crippen LogP contribution is 2.21. The van der Waals surface area contributed by atoms with Gasteiger partial charge in [0.05, 0.1) is 16.9 Å². The van der Waals surface area contributed by atoms with Crippen LogP contribution >= 0.6 is 0 Å². The first kappa shape index (κ1) is 18.3. The van der Waals surface area contributed by atoms with Crippen molar-refractivity contribution in [1.29, 1.82) is 0 Å². The van der Waals surface area contributed by atoms with E-state index in [1.807, 2.05) is 55.4 Å². The van der Waals surface area contributed by atoms with Gasteiger partial charge in [0.2, 0.25) is 0 Å². The van der Waals surface area contributed by atoms with Crippen LogP contribution in [0.2, 0.25) is 0 Å². The van der Waals surface area contributed by atoms with Gasteiger partial charge < -0.3 is 9.74 Å². The summed E-state index contributed by atoms with van der Waals surface area (Å²) in [7, 11) is 3.96. The van der Waals surface area contributed by atoms with E-state index in [4.69, 9.17) is 4.84 Å². The fourth-order valence-corrected chi connectivity index (χ4v) is 2.64. The fraction of sp³-hybridized carbons (Fsp3) is 0.0952. The lowest BCUT2D eigenvalue weighted by molar-refractivity contribution is 0.0409. The molecule has 0 saturated heterocycles. The number of carbonyl (C=O) groups is 1. The molecule has 0 amide bonds. The molecule has 0 aliphatic heterocycles. The van der Waals surface area contributed by atoms with E-state index < -0.39 is 5.97 Å². The van der Waals surface area contributed by atoms with E-state index in [-0.39, 0.29) is 0 Å². The summed E-state index contributed by atoms with van der Waals surface area (Å²) in [5.41, 5.74) is 4.11. The lowest BCUT2D eigenvalue weighted by atomic mass is 10.2. The number of nitrogens with zero attached hydrogens (tertiary/aromatic N) is 6. The van der Waals surface area contributed by atoms with Crippen molar-refractivity contribution >= 4 is 34.1 Å². The van der Waals surface area contributed by atoms with E-state index in [0.717, 1.165) is 16.2 Å². The highest BCUT2D eigenvalue weighted by molar-refractivity contribution is 5.90. The van der Waals surface area contributed by atoms with Gasteiger partial charge in [-0.05, 0) is 65.9 Å². The Morgan fingerprint density at radius 2 is 1.52 bits per heavy atom. The van der Waals surface area contributed by atoms with Crippen LogP contribution in [0, 0.1) is 0 Å². The molecule has 29 heavy (non-hydrogen) atoms. The van der Waals surface area contributed by atoms with Gasteiger partial charge in [-0.15, -0.1) is 5.10 Å². The van der Waals surface area contributed by atoms with Crippen molar-refractivity contribution in [3.8, 4) is 0 Å². The molecule has 0 fully saturated rings. The predicted molar refractivity (Wildman–Crippen MR) is 110 cm³/mol. The smallest absolute Gasteiger partial charge is 0.365 e. The molecule has 144 valence electrons. The summed E-state index contributed by atoms with van der Waals surface area (Å²) in [6, 6.07) is 21.6. The number of para-hydroxylation sites is 1. The third-order valence-corrected chi connectivity index (χ3v) is 4.24. The summed E-state index contributed by atoms with van der Waals surface area (Å²) in [5, 5.41) is 16.2. The normalized spacial score (nSPS) is 11.1. The molecule has 0 atom stereocenters. The molecule has 8 heteroatoms. The molecule has 0 aliphatic rings. The molecule has 0 unspecified atom stereocenters. The first-order valence-corrected chi connectivity index (χ1v) is 8.92. The van der Waals surface area contributed by atoms with Crippen LogP contribution in [0.4, 0.5) is 17.1 Å². The molecular weight excluding hydrogens is 368 g/mol. The molecule has 0 saturated carbocycles. The Hall–Kier alpha value is -4.07. The minimum absolute atomic E-state index is 0.374. The summed E-state index contributed by atoms with van der Waals surface area (Å²) in [5.74, 6) is -0.539. The summed E-state index contributed by atoms with van der Waals surface area (Å²) in [4.78, 5) is 20.8. The van der Waals surface area contributed by atoms with Crippen molar-refractivity contribution in [3.05, 3.63) is 78.4 Å². The van der Waals surface area contributed by atoms with E-state index >= 15 is 0 Å². The molecule has 3 aromatic carbocycles. The van der Waals surface area contributed by atoms with Gasteiger partial charge in [-0.1, -0.05) is 17.0 Å². The minimum Gasteiger partial charge on any atom is -0.378 e. The lowest BCUT2D eigenvalue weighted by Crippen LogP contribution is -2.20. The molecule has 4 rings (SSSR count). The van der Waals surface area contributed by atoms with Gasteiger partial charge in [-0.2, -0.15) is 10.2 Å². The van der Waals surface area contributed by atoms with Crippen LogP contribution in [0.1, 0.15) is 10.4 Å². The third kappa shape index (κ3) is 4.11. The molecule has 4 aromatic rings. The van der Waals surface area contributed by atoms with Crippen LogP contribution in [-0.2, 0) is 0 Å². The van der Waals surface area contributed by atoms with Crippen LogP contribution in [0.25, 0.3) is 11.0 Å². The second-order valence-electron chi connectivity index (χ2n) is 6.49. The molecule has 1 heterocycles. The Labute approximate surface area is 167 Å². The first-order valence-electron chi connectivity index (χ1n) is 8.92. The number of rotatable bonds is 5. The number of hydrogen-bond donors (Lipinski definition) is 0. The Kier molecular flexibility index (Phi) is 4.98. The molecular formula is C21H18N6O2. The topological polar surface area (TPSA) is 85.0 Å². The van der Waals surface area contributed by atoms with Crippen LogP contribution in [-0.4, -0.2) is 35.2 Å². The molecule has 0 spiro atoms. The van der Waals surface area contributed by atoms with E-state index in [9.17, 15) is 4.79 Å². The Bertz CT molecular complexity index is 1160. The second-order valence-corrected chi connectivity index (χ2v) is 6.49. The molecule has 0 N–H and O–H groups in total. The van der Waals surface area contributed by atoms with Gasteiger partial charge in [0.1, 0.15) is 11.0 Å². The lowest BCUT2D eigenvalue weighted by Gasteiger charge is -2.11. The molecule has 1 aromatic heterocycles. The third-order valence-electron chi connectivity index (χ3n) is 4.24. The van der Waals surface area contributed by atoms with Crippen LogP contribution in [0.15, 0.2) is 83.0 Å². The zero-order valence-electron chi connectivity index (χ0n) is 15.9. The number of azo groups is 1. The highest BCUT2D eigenvalue weighted by atomic mass is 16.7. The van der Waals surface area contributed by atoms with Crippen LogP contribution in [0.5, 0.6) is 0 Å². The van der Waals surface area contributed by atoms with E-state index in [1.54, 1.807) is 36.4 Å². The maximum Gasteiger partial charge on any atom is 0.365 e. The Morgan fingerprint density at radius 3 is 2.17 bits per heavy atom. The SMILES string of the molecule is CN(C)c1ccc(N=Nc2ccc(C(=O)On3nnc4ccccc43)cc2)cc1. The van der Waals surface area contributed by atoms with Crippen LogP contribution in [0.3, 0.4) is 0 Å². The average molecular weight is 386 g/mol. The molecule has 0 radical (unpaired) electrons. The number of hydrogen-bond acceptors (Lipinski definition) is 7. The maximum atomic E-state index is 12.4. The van der Waals surface area contributed by atoms with Crippen molar-refractivity contribution in [2.75, 3.05) is 19.0 Å². The molecule has 0 aliphatic carbocycles. The van der Waals surface area contributed by atoms with Gasteiger partial charge in [-0.3, -0.25) is 0 Å². The summed E-state index contributed by atoms with van der Waals surface area (Å²) in [6.07, 6.45) is 0. The number of fused-ring (bicyclic) bond motifs is 1. The molecule has 8 nitrogen and oxygen atoms in total. The van der Waals surface area contributed by atoms with Crippen molar-refractivity contribution in [1.82, 2.24) is 15.2 Å². The number of anilines is 1. The van der Waals surface area contributed by atoms with E-state index in [1.165, 1.54) is 0 Å². The summed E-state index contributed by atoms with van der Waals surface area (Å²) < 4.78 is 0. The van der Waals surface area contributed by atoms with Crippen molar-refractivity contribution in [3.63, 3.8) is 0 Å². The minimum atomic E-state index is -0.539. The quantitative estimate of drug-likeness (QED) is 0.379. The van der Waals surface area contributed by atoms with Gasteiger partial charge in [0.15, 0.2) is 0 Å². The van der Waals surface area contributed by atoms with Crippen LogP contribution < -0.4 is 9.74 Å². The highest BCUT2D eigenvalue weighted by Gasteiger charge is 2.12. The summed E-state index contributed by atoms with van der Waals surface area (Å²) in [6.45, 7) is 0. The Morgan fingerprint density at radius 1 is 0.897 bits per heavy atom. The monoisotopic (exact) mass is 386 g/mol. The number of carbonyl (C=O) groups excluding carboxylic acids is 1. The van der Waals surface area contributed by atoms with Crippen molar-refractivity contribution in [2.24, 2.45) is 10.2 Å². The second kappa shape index (κ2) is 7.89. The van der Waals surface area contributed by atoms with Crippen molar-refractivity contribution in [2.45, 2.75) is 0 Å². The Balaban J connectivity index is 1.43. The van der Waals surface area contributed by atoms with Gasteiger partial charge >= 0.3 is 5.97 Å². The van der Waals surface area contributed by atoms with E-state index in [0.29, 0.717) is 22.3 Å². The number of benzene rings is 3. The maximum absolute atomic E-state index is 12.4. The largest absolute Gasteiger partial charge is 0.378 e. The average Bonchev–Trinajstić information content (AvgIpc) is 3.16. The van der Waals surface area contributed by atoms with E-state index in [2.05, 4.69) is 20.5 Å². The van der Waals surface area contributed by atoms with Gasteiger partial charge in [0, 0.05) is 19.8 Å². The standard InChI is InChI=1S/C21H18N6O2/c1-26(2)18-13-11-17(12-14-18)23-22-16-9-7-15(8-10-16)21(28)29-27-20-6-4-3-5-19(20)24-25-27/h3-14H,1-2H3. The predicted octanol–water partition coefficient (Wildman–Crippen LogP) is 4.18. The zero-order valence-corrected chi connectivity index (χ0v) is 15.9.